The van der Waals surface area contributed by atoms with E-state index in [9.17, 15) is 14.3 Å². The number of rotatable bonds is 11. The summed E-state index contributed by atoms with van der Waals surface area (Å²) in [7, 11) is 2.05. The molecule has 42 heavy (non-hydrogen) atoms. The number of anilines is 1. The highest BCUT2D eigenvalue weighted by molar-refractivity contribution is 6.37. The van der Waals surface area contributed by atoms with Crippen LogP contribution in [0, 0.1) is 11.7 Å². The Morgan fingerprint density at radius 3 is 2.69 bits per heavy atom. The Morgan fingerprint density at radius 2 is 1.98 bits per heavy atom. The second-order valence-corrected chi connectivity index (χ2v) is 11.9. The molecule has 7 heteroatoms. The first kappa shape index (κ1) is 29.8. The molecule has 2 aliphatic heterocycles. The van der Waals surface area contributed by atoms with Crippen LogP contribution in [0.5, 0.6) is 5.75 Å². The Labute approximate surface area is 252 Å². The molecule has 0 fully saturated rings. The summed E-state index contributed by atoms with van der Waals surface area (Å²) in [6.45, 7) is 10.1. The van der Waals surface area contributed by atoms with E-state index >= 15 is 0 Å². The lowest BCUT2D eigenvalue weighted by molar-refractivity contribution is -0.451. The predicted molar refractivity (Wildman–Crippen MR) is 170 cm³/mol. The number of carboxylic acids is 1. The van der Waals surface area contributed by atoms with Gasteiger partial charge in [0.25, 0.3) is 0 Å². The number of carbonyl (C=O) groups is 1. The van der Waals surface area contributed by atoms with Crippen LogP contribution < -0.4 is 9.64 Å². The number of allylic oxidation sites excluding steroid dienone is 3. The third-order valence-electron chi connectivity index (χ3n) is 8.94. The lowest BCUT2D eigenvalue weighted by atomic mass is 9.84. The summed E-state index contributed by atoms with van der Waals surface area (Å²) in [5.41, 5.74) is 7.68. The fourth-order valence-electron chi connectivity index (χ4n) is 6.10. The highest BCUT2D eigenvalue weighted by Gasteiger charge is 2.38. The average Bonchev–Trinajstić information content (AvgIpc) is 2.98. The molecular weight excluding hydrogens is 551 g/mol. The van der Waals surface area contributed by atoms with Crippen molar-refractivity contribution in [3.63, 3.8) is 0 Å². The maximum absolute atomic E-state index is 13.7. The molecule has 5 nitrogen and oxygen atoms in total. The van der Waals surface area contributed by atoms with Gasteiger partial charge in [-0.2, -0.15) is 0 Å². The van der Waals surface area contributed by atoms with Gasteiger partial charge in [0.2, 0.25) is 0 Å². The Balaban J connectivity index is 1.48. The van der Waals surface area contributed by atoms with Gasteiger partial charge in [-0.05, 0) is 66.5 Å². The highest BCUT2D eigenvalue weighted by Crippen LogP contribution is 2.47. The van der Waals surface area contributed by atoms with Crippen LogP contribution in [0.3, 0.4) is 0 Å². The van der Waals surface area contributed by atoms with E-state index in [0.29, 0.717) is 48.3 Å². The van der Waals surface area contributed by atoms with Crippen molar-refractivity contribution in [2.45, 2.75) is 53.4 Å². The van der Waals surface area contributed by atoms with E-state index in [2.05, 4.69) is 44.2 Å². The molecule has 1 unspecified atom stereocenters. The summed E-state index contributed by atoms with van der Waals surface area (Å²) in [5.74, 6) is 0.0475. The molecule has 0 saturated carbocycles. The maximum atomic E-state index is 13.7. The topological polar surface area (TPSA) is 52.8 Å². The van der Waals surface area contributed by atoms with Gasteiger partial charge in [-0.15, -0.1) is 0 Å². The smallest absolute Gasteiger partial charge is 0.333 e. The number of hydrogen-bond acceptors (Lipinski definition) is 3. The molecule has 2 aliphatic rings. The summed E-state index contributed by atoms with van der Waals surface area (Å²) in [4.78, 5) is 14.9. The summed E-state index contributed by atoms with van der Waals surface area (Å²) in [5, 5.41) is 12.7. The molecule has 220 valence electrons. The number of aliphatic carboxylic acids is 1. The van der Waals surface area contributed by atoms with Gasteiger partial charge in [-0.3, -0.25) is 0 Å². The Morgan fingerprint density at radius 1 is 1.19 bits per heavy atom. The standard InChI is InChI=1S/C35H38ClFN2O3/c1-6-21(2)16-17-39-20-29(35(40)41)27(10-8-18-42-31-11-7-9-24-19-25(37)12-13-26(24)31)28-14-15-30(36)33(34(28)39)32-22(3)38(5)23(32)4/h7,9,11-15,19,21H,6,8,10,16-18,20H2,1-5H3/p+1. The second-order valence-electron chi connectivity index (χ2n) is 11.5. The zero-order chi connectivity index (χ0) is 30.1. The van der Waals surface area contributed by atoms with Crippen LogP contribution in [0.25, 0.3) is 21.9 Å². The summed E-state index contributed by atoms with van der Waals surface area (Å²) < 4.78 is 22.0. The van der Waals surface area contributed by atoms with Gasteiger partial charge in [0.05, 0.1) is 29.4 Å². The van der Waals surface area contributed by atoms with Crippen LogP contribution in [0.1, 0.15) is 64.5 Å². The molecule has 0 aromatic heterocycles. The monoisotopic (exact) mass is 589 g/mol. The molecule has 1 N–H and O–H groups in total. The third-order valence-corrected chi connectivity index (χ3v) is 9.25. The van der Waals surface area contributed by atoms with Crippen LogP contribution in [0.15, 0.2) is 59.8 Å². The summed E-state index contributed by atoms with van der Waals surface area (Å²) >= 11 is 6.93. The van der Waals surface area contributed by atoms with Crippen molar-refractivity contribution in [2.75, 3.05) is 31.6 Å². The number of carboxylic acid groups (broad SMARTS) is 1. The van der Waals surface area contributed by atoms with E-state index in [-0.39, 0.29) is 5.82 Å². The van der Waals surface area contributed by atoms with Gasteiger partial charge in [0.15, 0.2) is 11.4 Å². The molecule has 0 saturated heterocycles. The lowest BCUT2D eigenvalue weighted by Crippen LogP contribution is -2.36. The quantitative estimate of drug-likeness (QED) is 0.180. The number of fused-ring (bicyclic) bond motifs is 2. The molecule has 0 aliphatic carbocycles. The second kappa shape index (κ2) is 12.3. The van der Waals surface area contributed by atoms with Crippen LogP contribution in [-0.4, -0.2) is 48.1 Å². The number of halogens is 2. The normalized spacial score (nSPS) is 15.7. The average molecular weight is 590 g/mol. The zero-order valence-corrected chi connectivity index (χ0v) is 25.8. The van der Waals surface area contributed by atoms with Crippen LogP contribution in [0.2, 0.25) is 5.02 Å². The minimum atomic E-state index is -0.890. The molecule has 2 heterocycles. The van der Waals surface area contributed by atoms with Crippen molar-refractivity contribution in [3.05, 3.63) is 81.8 Å². The summed E-state index contributed by atoms with van der Waals surface area (Å²) in [6.07, 6.45) is 3.22. The predicted octanol–water partition coefficient (Wildman–Crippen LogP) is 8.43. The molecule has 3 aromatic carbocycles. The Kier molecular flexibility index (Phi) is 8.74. The number of hydrogen-bond donors (Lipinski definition) is 1. The van der Waals surface area contributed by atoms with Crippen molar-refractivity contribution < 1.29 is 23.6 Å². The van der Waals surface area contributed by atoms with E-state index in [0.717, 1.165) is 69.5 Å². The lowest BCUT2D eigenvalue weighted by Gasteiger charge is -2.37. The van der Waals surface area contributed by atoms with Crippen molar-refractivity contribution >= 4 is 50.9 Å². The van der Waals surface area contributed by atoms with Crippen molar-refractivity contribution in [2.24, 2.45) is 5.92 Å². The molecule has 0 amide bonds. The minimum Gasteiger partial charge on any atom is -0.493 e. The molecule has 0 bridgehead atoms. The molecule has 0 spiro atoms. The molecule has 3 aromatic rings. The fraction of sp³-hybridized carbons (Fsp3) is 0.371. The first-order valence-electron chi connectivity index (χ1n) is 14.7. The van der Waals surface area contributed by atoms with E-state index in [4.69, 9.17) is 16.3 Å². The van der Waals surface area contributed by atoms with Crippen molar-refractivity contribution in [3.8, 4) is 5.75 Å². The first-order chi connectivity index (χ1) is 20.1. The van der Waals surface area contributed by atoms with E-state index in [1.807, 2.05) is 30.3 Å². The van der Waals surface area contributed by atoms with Gasteiger partial charge in [-0.25, -0.2) is 13.8 Å². The van der Waals surface area contributed by atoms with E-state index in [1.54, 1.807) is 6.07 Å². The summed E-state index contributed by atoms with van der Waals surface area (Å²) in [6, 6.07) is 14.2. The van der Waals surface area contributed by atoms with E-state index < -0.39 is 5.97 Å². The molecular formula is C35H39ClFN2O3+. The van der Waals surface area contributed by atoms with Gasteiger partial charge < -0.3 is 14.7 Å². The van der Waals surface area contributed by atoms with E-state index in [1.165, 1.54) is 12.1 Å². The van der Waals surface area contributed by atoms with Crippen LogP contribution in [-0.2, 0) is 4.79 Å². The Bertz CT molecular complexity index is 1660. The van der Waals surface area contributed by atoms with Gasteiger partial charge in [0, 0.05) is 36.9 Å². The first-order valence-corrected chi connectivity index (χ1v) is 15.1. The largest absolute Gasteiger partial charge is 0.493 e. The number of ether oxygens (including phenoxy) is 1. The number of benzene rings is 3. The van der Waals surface area contributed by atoms with Gasteiger partial charge >= 0.3 is 5.97 Å². The maximum Gasteiger partial charge on any atom is 0.333 e. The van der Waals surface area contributed by atoms with Gasteiger partial charge in [-0.1, -0.05) is 50.1 Å². The van der Waals surface area contributed by atoms with Crippen LogP contribution in [0.4, 0.5) is 10.1 Å². The highest BCUT2D eigenvalue weighted by atomic mass is 35.5. The van der Waals surface area contributed by atoms with Gasteiger partial charge in [0.1, 0.15) is 24.2 Å². The molecule has 0 radical (unpaired) electrons. The van der Waals surface area contributed by atoms with Crippen molar-refractivity contribution in [1.82, 2.24) is 0 Å². The number of nitrogens with zero attached hydrogens (tertiary/aromatic N) is 2. The zero-order valence-electron chi connectivity index (χ0n) is 25.1. The third kappa shape index (κ3) is 5.57. The molecule has 5 rings (SSSR count). The molecule has 1 atom stereocenters. The minimum absolute atomic E-state index is 0.284. The SMILES string of the molecule is CCC(C)CCN1CC(C(=O)O)=C(CCCOc2cccc3cc(F)ccc23)c2ccc(Cl)c(C3=C(C)[N+](C)=C3C)c21. The fourth-order valence-corrected chi connectivity index (χ4v) is 6.34. The Hall–Kier alpha value is -3.64. The van der Waals surface area contributed by atoms with Crippen molar-refractivity contribution in [1.29, 1.82) is 0 Å². The van der Waals surface area contributed by atoms with Crippen LogP contribution >= 0.6 is 11.6 Å².